The highest BCUT2D eigenvalue weighted by molar-refractivity contribution is 7.12. The molecule has 1 atom stereocenters. The van der Waals surface area contributed by atoms with Crippen LogP contribution in [0.5, 0.6) is 0 Å². The molecule has 0 aliphatic heterocycles. The minimum absolute atomic E-state index is 0.276. The van der Waals surface area contributed by atoms with E-state index in [9.17, 15) is 0 Å². The lowest BCUT2D eigenvalue weighted by atomic mass is 9.98. The molecule has 1 aliphatic rings. The van der Waals surface area contributed by atoms with Crippen LogP contribution in [0.1, 0.15) is 46.8 Å². The van der Waals surface area contributed by atoms with Gasteiger partial charge in [0.25, 0.3) is 0 Å². The molecular formula is C15H21N3S. The highest BCUT2D eigenvalue weighted by Gasteiger charge is 2.21. The molecule has 19 heavy (non-hydrogen) atoms. The molecular weight excluding hydrogens is 254 g/mol. The van der Waals surface area contributed by atoms with Crippen molar-refractivity contribution in [3.05, 3.63) is 39.3 Å². The van der Waals surface area contributed by atoms with Crippen LogP contribution in [0.3, 0.4) is 0 Å². The lowest BCUT2D eigenvalue weighted by Crippen LogP contribution is -2.20. The normalized spacial score (nSPS) is 16.3. The summed E-state index contributed by atoms with van der Waals surface area (Å²) in [4.78, 5) is 3.04. The number of hydrogen-bond acceptors (Lipinski definition) is 3. The van der Waals surface area contributed by atoms with E-state index in [2.05, 4.69) is 34.2 Å². The van der Waals surface area contributed by atoms with Crippen LogP contribution < -0.4 is 5.32 Å². The van der Waals surface area contributed by atoms with Crippen LogP contribution in [-0.4, -0.2) is 16.8 Å². The fraction of sp³-hybridized carbons (Fsp3) is 0.533. The van der Waals surface area contributed by atoms with Gasteiger partial charge in [-0.2, -0.15) is 5.10 Å². The summed E-state index contributed by atoms with van der Waals surface area (Å²) >= 11 is 1.98. The van der Waals surface area contributed by atoms with Crippen LogP contribution in [0.4, 0.5) is 0 Å². The van der Waals surface area contributed by atoms with Gasteiger partial charge in [-0.25, -0.2) is 0 Å². The SMILES string of the molecule is CCn1nccc1C(NC)c1cc2c(s1)CCCC2. The molecule has 0 aromatic carbocycles. The van der Waals surface area contributed by atoms with E-state index in [1.54, 1.807) is 10.4 Å². The molecule has 3 rings (SSSR count). The molecule has 3 nitrogen and oxygen atoms in total. The van der Waals surface area contributed by atoms with Crippen LogP contribution in [0.25, 0.3) is 0 Å². The van der Waals surface area contributed by atoms with Gasteiger partial charge in [0.05, 0.1) is 11.7 Å². The quantitative estimate of drug-likeness (QED) is 0.929. The minimum atomic E-state index is 0.276. The Bertz CT molecular complexity index is 532. The van der Waals surface area contributed by atoms with Gasteiger partial charge in [0.2, 0.25) is 0 Å². The zero-order chi connectivity index (χ0) is 13.2. The van der Waals surface area contributed by atoms with Crippen LogP contribution in [0.15, 0.2) is 18.3 Å². The fourth-order valence-electron chi connectivity index (χ4n) is 2.94. The van der Waals surface area contributed by atoms with Crippen molar-refractivity contribution >= 4 is 11.3 Å². The second-order valence-electron chi connectivity index (χ2n) is 5.10. The maximum atomic E-state index is 4.39. The average Bonchev–Trinajstić information content (AvgIpc) is 3.05. The third kappa shape index (κ3) is 2.35. The van der Waals surface area contributed by atoms with E-state index in [4.69, 9.17) is 0 Å². The number of aryl methyl sites for hydroxylation is 3. The van der Waals surface area contributed by atoms with Crippen molar-refractivity contribution in [3.63, 3.8) is 0 Å². The largest absolute Gasteiger partial charge is 0.307 e. The van der Waals surface area contributed by atoms with Crippen molar-refractivity contribution in [2.75, 3.05) is 7.05 Å². The summed E-state index contributed by atoms with van der Waals surface area (Å²) in [5.41, 5.74) is 2.85. The van der Waals surface area contributed by atoms with E-state index in [0.717, 1.165) is 6.54 Å². The van der Waals surface area contributed by atoms with Crippen molar-refractivity contribution in [1.82, 2.24) is 15.1 Å². The Morgan fingerprint density at radius 2 is 2.26 bits per heavy atom. The summed E-state index contributed by atoms with van der Waals surface area (Å²) in [6, 6.07) is 4.81. The van der Waals surface area contributed by atoms with Gasteiger partial charge in [0.1, 0.15) is 0 Å². The van der Waals surface area contributed by atoms with E-state index in [1.807, 2.05) is 24.6 Å². The van der Waals surface area contributed by atoms with Crippen LogP contribution in [-0.2, 0) is 19.4 Å². The first-order valence-corrected chi connectivity index (χ1v) is 7.95. The summed E-state index contributed by atoms with van der Waals surface area (Å²) in [7, 11) is 2.04. The molecule has 1 unspecified atom stereocenters. The predicted molar refractivity (Wildman–Crippen MR) is 79.8 cm³/mol. The average molecular weight is 275 g/mol. The van der Waals surface area contributed by atoms with E-state index < -0.39 is 0 Å². The van der Waals surface area contributed by atoms with Gasteiger partial charge in [-0.05, 0) is 57.4 Å². The summed E-state index contributed by atoms with van der Waals surface area (Å²) in [5.74, 6) is 0. The minimum Gasteiger partial charge on any atom is -0.307 e. The molecule has 0 spiro atoms. The molecule has 1 N–H and O–H groups in total. The Balaban J connectivity index is 1.96. The van der Waals surface area contributed by atoms with Crippen LogP contribution >= 0.6 is 11.3 Å². The number of nitrogens with one attached hydrogen (secondary N) is 1. The first-order chi connectivity index (χ1) is 9.33. The third-order valence-corrected chi connectivity index (χ3v) is 5.24. The zero-order valence-electron chi connectivity index (χ0n) is 11.6. The smallest absolute Gasteiger partial charge is 0.0839 e. The molecule has 1 aliphatic carbocycles. The van der Waals surface area contributed by atoms with Crippen molar-refractivity contribution in [2.24, 2.45) is 0 Å². The van der Waals surface area contributed by atoms with Crippen molar-refractivity contribution in [1.29, 1.82) is 0 Å². The van der Waals surface area contributed by atoms with Crippen molar-refractivity contribution < 1.29 is 0 Å². The van der Waals surface area contributed by atoms with Gasteiger partial charge >= 0.3 is 0 Å². The summed E-state index contributed by atoms with van der Waals surface area (Å²) in [5, 5.41) is 7.85. The van der Waals surface area contributed by atoms with Gasteiger partial charge in [0.15, 0.2) is 0 Å². The van der Waals surface area contributed by atoms with Gasteiger partial charge in [-0.15, -0.1) is 11.3 Å². The van der Waals surface area contributed by atoms with Gasteiger partial charge < -0.3 is 5.32 Å². The maximum Gasteiger partial charge on any atom is 0.0839 e. The van der Waals surface area contributed by atoms with Gasteiger partial charge in [-0.3, -0.25) is 4.68 Å². The van der Waals surface area contributed by atoms with Gasteiger partial charge in [0, 0.05) is 22.5 Å². The molecule has 0 fully saturated rings. The number of rotatable bonds is 4. The Kier molecular flexibility index (Phi) is 3.71. The molecule has 102 valence electrons. The molecule has 2 aromatic rings. The first kappa shape index (κ1) is 12.9. The standard InChI is InChI=1S/C15H21N3S/c1-3-18-12(8-9-17-18)15(16-2)14-10-11-6-4-5-7-13(11)19-14/h8-10,15-16H,3-7H2,1-2H3. The molecule has 2 aromatic heterocycles. The molecule has 0 radical (unpaired) electrons. The molecule has 0 saturated carbocycles. The maximum absolute atomic E-state index is 4.39. The molecule has 2 heterocycles. The van der Waals surface area contributed by atoms with E-state index in [0.29, 0.717) is 0 Å². The molecule has 0 bridgehead atoms. The Morgan fingerprint density at radius 1 is 1.42 bits per heavy atom. The number of aromatic nitrogens is 2. The Labute approximate surface area is 118 Å². The number of fused-ring (bicyclic) bond motifs is 1. The van der Waals surface area contributed by atoms with Gasteiger partial charge in [-0.1, -0.05) is 0 Å². The van der Waals surface area contributed by atoms with Crippen molar-refractivity contribution in [2.45, 2.75) is 45.2 Å². The summed E-state index contributed by atoms with van der Waals surface area (Å²) in [6.45, 7) is 3.06. The van der Waals surface area contributed by atoms with E-state index in [1.165, 1.54) is 36.3 Å². The molecule has 4 heteroatoms. The highest BCUT2D eigenvalue weighted by Crippen LogP contribution is 2.35. The number of thiophene rings is 1. The molecule has 0 saturated heterocycles. The van der Waals surface area contributed by atoms with Crippen molar-refractivity contribution in [3.8, 4) is 0 Å². The van der Waals surface area contributed by atoms with Crippen LogP contribution in [0, 0.1) is 0 Å². The number of hydrogen-bond donors (Lipinski definition) is 1. The topological polar surface area (TPSA) is 29.9 Å². The van der Waals surface area contributed by atoms with Crippen LogP contribution in [0.2, 0.25) is 0 Å². The Morgan fingerprint density at radius 3 is 3.00 bits per heavy atom. The fourth-order valence-corrected chi connectivity index (χ4v) is 4.32. The Hall–Kier alpha value is -1.13. The second-order valence-corrected chi connectivity index (χ2v) is 6.27. The summed E-state index contributed by atoms with van der Waals surface area (Å²) < 4.78 is 2.08. The lowest BCUT2D eigenvalue weighted by Gasteiger charge is -2.16. The van der Waals surface area contributed by atoms with E-state index in [-0.39, 0.29) is 6.04 Å². The highest BCUT2D eigenvalue weighted by atomic mass is 32.1. The monoisotopic (exact) mass is 275 g/mol. The predicted octanol–water partition coefficient (Wildman–Crippen LogP) is 3.15. The molecule has 0 amide bonds. The second kappa shape index (κ2) is 5.47. The van der Waals surface area contributed by atoms with E-state index >= 15 is 0 Å². The zero-order valence-corrected chi connectivity index (χ0v) is 12.5. The summed E-state index contributed by atoms with van der Waals surface area (Å²) in [6.07, 6.45) is 7.12. The first-order valence-electron chi connectivity index (χ1n) is 7.14. The third-order valence-electron chi connectivity index (χ3n) is 3.93. The number of nitrogens with zero attached hydrogens (tertiary/aromatic N) is 2. The lowest BCUT2D eigenvalue weighted by molar-refractivity contribution is 0.567.